The van der Waals surface area contributed by atoms with E-state index < -0.39 is 23.9 Å². The zero-order valence-electron chi connectivity index (χ0n) is 12.1. The van der Waals surface area contributed by atoms with Gasteiger partial charge in [0.1, 0.15) is 6.04 Å². The van der Waals surface area contributed by atoms with Crippen LogP contribution in [0.5, 0.6) is 0 Å². The van der Waals surface area contributed by atoms with Crippen LogP contribution in [0.4, 0.5) is 0 Å². The summed E-state index contributed by atoms with van der Waals surface area (Å²) in [6.45, 7) is 0. The monoisotopic (exact) mass is 333 g/mol. The highest BCUT2D eigenvalue weighted by molar-refractivity contribution is 7.98. The Morgan fingerprint density at radius 2 is 1.74 bits per heavy atom. The number of benzene rings is 2. The molecule has 0 spiro atoms. The molecule has 1 atom stereocenters. The Kier molecular flexibility index (Phi) is 5.59. The fourth-order valence-corrected chi connectivity index (χ4v) is 3.15. The normalized spacial score (nSPS) is 11.8. The molecule has 0 aromatic heterocycles. The predicted octanol–water partition coefficient (Wildman–Crippen LogP) is 1.73. The molecule has 0 bridgehead atoms. The van der Waals surface area contributed by atoms with Crippen molar-refractivity contribution >= 4 is 40.4 Å². The molecule has 0 fully saturated rings. The van der Waals surface area contributed by atoms with Crippen molar-refractivity contribution in [2.75, 3.05) is 5.75 Å². The second kappa shape index (κ2) is 7.64. The molecule has 2 rings (SSSR count). The first-order chi connectivity index (χ1) is 11.0. The molecular weight excluding hydrogens is 318 g/mol. The first-order valence-corrected chi connectivity index (χ1v) is 7.95. The smallest absolute Gasteiger partial charge is 0.394 e. The molecule has 0 radical (unpaired) electrons. The number of fused-ring (bicyclic) bond motifs is 1. The number of carbonyl (C=O) groups is 3. The van der Waals surface area contributed by atoms with Crippen molar-refractivity contribution in [3.05, 3.63) is 48.0 Å². The highest BCUT2D eigenvalue weighted by Gasteiger charge is 2.23. The van der Waals surface area contributed by atoms with Gasteiger partial charge in [0, 0.05) is 11.5 Å². The second-order valence-electron chi connectivity index (χ2n) is 4.82. The van der Waals surface area contributed by atoms with Gasteiger partial charge in [-0.25, -0.2) is 9.59 Å². The minimum atomic E-state index is -1.70. The molecule has 0 heterocycles. The Morgan fingerprint density at radius 3 is 2.43 bits per heavy atom. The van der Waals surface area contributed by atoms with E-state index in [1.807, 2.05) is 47.8 Å². The van der Waals surface area contributed by atoms with Crippen molar-refractivity contribution in [1.29, 1.82) is 0 Å². The van der Waals surface area contributed by atoms with Gasteiger partial charge in [0.25, 0.3) is 0 Å². The lowest BCUT2D eigenvalue weighted by molar-refractivity contribution is -0.151. The Labute approximate surface area is 136 Å². The van der Waals surface area contributed by atoms with Gasteiger partial charge in [-0.15, -0.1) is 0 Å². The maximum atomic E-state index is 11.1. The van der Waals surface area contributed by atoms with E-state index >= 15 is 0 Å². The Hall–Kier alpha value is -2.54. The summed E-state index contributed by atoms with van der Waals surface area (Å²) in [5.74, 6) is -3.63. The van der Waals surface area contributed by atoms with Crippen LogP contribution in [0.15, 0.2) is 42.5 Å². The van der Waals surface area contributed by atoms with Gasteiger partial charge in [0.2, 0.25) is 0 Å². The van der Waals surface area contributed by atoms with Gasteiger partial charge in [-0.05, 0) is 16.3 Å². The van der Waals surface area contributed by atoms with Crippen LogP contribution in [0, 0.1) is 0 Å². The number of hydrogen-bond acceptors (Lipinski definition) is 4. The molecule has 120 valence electrons. The maximum Gasteiger partial charge on any atom is 0.394 e. The quantitative estimate of drug-likeness (QED) is 0.696. The number of carboxylic acid groups (broad SMARTS) is 2. The third kappa shape index (κ3) is 4.46. The van der Waals surface area contributed by atoms with E-state index in [4.69, 9.17) is 10.2 Å². The van der Waals surface area contributed by atoms with Crippen molar-refractivity contribution in [1.82, 2.24) is 5.32 Å². The minimum Gasteiger partial charge on any atom is -0.480 e. The molecule has 0 saturated heterocycles. The van der Waals surface area contributed by atoms with Gasteiger partial charge in [0.05, 0.1) is 0 Å². The van der Waals surface area contributed by atoms with Crippen molar-refractivity contribution in [2.45, 2.75) is 11.8 Å². The van der Waals surface area contributed by atoms with Gasteiger partial charge in [0.15, 0.2) is 0 Å². The summed E-state index contributed by atoms with van der Waals surface area (Å²) in [4.78, 5) is 32.7. The van der Waals surface area contributed by atoms with Gasteiger partial charge >= 0.3 is 17.8 Å². The topological polar surface area (TPSA) is 104 Å². The predicted molar refractivity (Wildman–Crippen MR) is 87.3 cm³/mol. The Balaban J connectivity index is 2.00. The average Bonchev–Trinajstić information content (AvgIpc) is 2.53. The number of amides is 1. The molecule has 7 heteroatoms. The molecular formula is C16H15NO5S. The molecule has 0 saturated carbocycles. The van der Waals surface area contributed by atoms with Crippen LogP contribution in [0.1, 0.15) is 5.56 Å². The molecule has 23 heavy (non-hydrogen) atoms. The minimum absolute atomic E-state index is 0.0809. The number of carbonyl (C=O) groups excluding carboxylic acids is 1. The van der Waals surface area contributed by atoms with E-state index in [9.17, 15) is 14.4 Å². The summed E-state index contributed by atoms with van der Waals surface area (Å²) in [7, 11) is 0. The van der Waals surface area contributed by atoms with E-state index in [0.717, 1.165) is 16.3 Å². The number of aliphatic carboxylic acids is 2. The van der Waals surface area contributed by atoms with Crippen LogP contribution < -0.4 is 5.32 Å². The van der Waals surface area contributed by atoms with Crippen LogP contribution in [0.25, 0.3) is 10.8 Å². The highest BCUT2D eigenvalue weighted by Crippen LogP contribution is 2.23. The van der Waals surface area contributed by atoms with Crippen LogP contribution in [0.2, 0.25) is 0 Å². The summed E-state index contributed by atoms with van der Waals surface area (Å²) < 4.78 is 0. The lowest BCUT2D eigenvalue weighted by Crippen LogP contribution is -2.45. The molecule has 0 aliphatic carbocycles. The molecule has 2 aromatic carbocycles. The van der Waals surface area contributed by atoms with E-state index in [1.54, 1.807) is 0 Å². The van der Waals surface area contributed by atoms with Gasteiger partial charge in [-0.1, -0.05) is 42.5 Å². The summed E-state index contributed by atoms with van der Waals surface area (Å²) in [6.07, 6.45) is 0. The molecule has 6 nitrogen and oxygen atoms in total. The fourth-order valence-electron chi connectivity index (χ4n) is 2.10. The van der Waals surface area contributed by atoms with Crippen molar-refractivity contribution in [3.63, 3.8) is 0 Å². The van der Waals surface area contributed by atoms with Crippen LogP contribution in [0.3, 0.4) is 0 Å². The van der Waals surface area contributed by atoms with Gasteiger partial charge in [-0.2, -0.15) is 11.8 Å². The molecule has 0 unspecified atom stereocenters. The number of carboxylic acids is 2. The zero-order valence-corrected chi connectivity index (χ0v) is 12.9. The van der Waals surface area contributed by atoms with E-state index in [1.165, 1.54) is 11.8 Å². The van der Waals surface area contributed by atoms with Crippen molar-refractivity contribution < 1.29 is 24.6 Å². The average molecular weight is 333 g/mol. The van der Waals surface area contributed by atoms with Crippen LogP contribution in [-0.4, -0.2) is 39.9 Å². The molecule has 2 aromatic rings. The number of hydrogen-bond donors (Lipinski definition) is 3. The molecule has 3 N–H and O–H groups in total. The zero-order chi connectivity index (χ0) is 16.8. The Bertz CT molecular complexity index is 741. The largest absolute Gasteiger partial charge is 0.480 e. The van der Waals surface area contributed by atoms with E-state index in [-0.39, 0.29) is 5.75 Å². The Morgan fingerprint density at radius 1 is 1.04 bits per heavy atom. The third-order valence-corrected chi connectivity index (χ3v) is 4.30. The number of thioether (sulfide) groups is 1. The van der Waals surface area contributed by atoms with Crippen LogP contribution in [-0.2, 0) is 20.1 Å². The van der Waals surface area contributed by atoms with Gasteiger partial charge in [-0.3, -0.25) is 4.79 Å². The van der Waals surface area contributed by atoms with E-state index in [2.05, 4.69) is 0 Å². The van der Waals surface area contributed by atoms with E-state index in [0.29, 0.717) is 5.75 Å². The van der Waals surface area contributed by atoms with Crippen molar-refractivity contribution in [3.8, 4) is 0 Å². The second-order valence-corrected chi connectivity index (χ2v) is 5.85. The SMILES string of the molecule is O=C(O)C(=O)N[C@@H](CSCc1cccc2ccccc12)C(=O)O. The van der Waals surface area contributed by atoms with Crippen LogP contribution >= 0.6 is 11.8 Å². The molecule has 0 aliphatic heterocycles. The summed E-state index contributed by atoms with van der Waals surface area (Å²) in [5.41, 5.74) is 1.06. The first-order valence-electron chi connectivity index (χ1n) is 6.80. The summed E-state index contributed by atoms with van der Waals surface area (Å²) in [6, 6.07) is 12.5. The fraction of sp³-hybridized carbons (Fsp3) is 0.188. The summed E-state index contributed by atoms with van der Waals surface area (Å²) >= 11 is 1.32. The third-order valence-electron chi connectivity index (χ3n) is 3.22. The van der Waals surface area contributed by atoms with Gasteiger partial charge < -0.3 is 15.5 Å². The number of rotatable bonds is 6. The lowest BCUT2D eigenvalue weighted by atomic mass is 10.1. The summed E-state index contributed by atoms with van der Waals surface area (Å²) in [5, 5.41) is 21.7. The molecule has 1 amide bonds. The highest BCUT2D eigenvalue weighted by atomic mass is 32.2. The maximum absolute atomic E-state index is 11.1. The lowest BCUT2D eigenvalue weighted by Gasteiger charge is -2.13. The standard InChI is InChI=1S/C16H15NO5S/c18-14(16(21)22)17-13(15(19)20)9-23-8-11-6-3-5-10-4-1-2-7-12(10)11/h1-7,13H,8-9H2,(H,17,18)(H,19,20)(H,21,22)/t13-/m0/s1. The first kappa shape index (κ1) is 16.8. The number of nitrogens with one attached hydrogen (secondary N) is 1. The molecule has 0 aliphatic rings. The van der Waals surface area contributed by atoms with Crippen molar-refractivity contribution in [2.24, 2.45) is 0 Å².